The molecule has 1 atom stereocenters. The van der Waals surface area contributed by atoms with Gasteiger partial charge in [0.25, 0.3) is 0 Å². The number of ether oxygens (including phenoxy) is 1. The van der Waals surface area contributed by atoms with Crippen molar-refractivity contribution in [2.24, 2.45) is 11.5 Å². The molecule has 1 fully saturated rings. The maximum atomic E-state index is 11.3. The Morgan fingerprint density at radius 2 is 2.10 bits per heavy atom. The van der Waals surface area contributed by atoms with E-state index in [-0.39, 0.29) is 11.9 Å². The Balaban J connectivity index is 1.76. The highest BCUT2D eigenvalue weighted by Gasteiger charge is 2.28. The summed E-state index contributed by atoms with van der Waals surface area (Å²) in [5.74, 6) is 0.620. The van der Waals surface area contributed by atoms with E-state index >= 15 is 0 Å². The first-order valence-electron chi connectivity index (χ1n) is 7.16. The van der Waals surface area contributed by atoms with E-state index in [4.69, 9.17) is 16.2 Å². The summed E-state index contributed by atoms with van der Waals surface area (Å²) in [5, 5.41) is 0. The van der Waals surface area contributed by atoms with Crippen LogP contribution >= 0.6 is 0 Å². The van der Waals surface area contributed by atoms with Gasteiger partial charge in [0.15, 0.2) is 0 Å². The molecule has 0 saturated carbocycles. The topological polar surface area (TPSA) is 81.6 Å². The molecule has 1 aromatic carbocycles. The van der Waals surface area contributed by atoms with Gasteiger partial charge in [-0.3, -0.25) is 9.69 Å². The van der Waals surface area contributed by atoms with Crippen molar-refractivity contribution in [3.63, 3.8) is 0 Å². The van der Waals surface area contributed by atoms with Crippen LogP contribution in [-0.2, 0) is 11.2 Å². The predicted octanol–water partition coefficient (Wildman–Crippen LogP) is 0.516. The molecule has 4 N–H and O–H groups in total. The molecule has 0 spiro atoms. The summed E-state index contributed by atoms with van der Waals surface area (Å²) in [6.45, 7) is 2.88. The van der Waals surface area contributed by atoms with Crippen LogP contribution in [0.3, 0.4) is 0 Å². The van der Waals surface area contributed by atoms with Crippen LogP contribution in [0, 0.1) is 0 Å². The highest BCUT2D eigenvalue weighted by atomic mass is 16.5. The second-order valence-corrected chi connectivity index (χ2v) is 5.13. The number of rotatable bonds is 7. The van der Waals surface area contributed by atoms with Gasteiger partial charge in [0.05, 0.1) is 6.04 Å². The maximum Gasteiger partial charge on any atom is 0.234 e. The molecule has 1 aliphatic rings. The van der Waals surface area contributed by atoms with Crippen LogP contribution in [0.4, 0.5) is 0 Å². The van der Waals surface area contributed by atoms with Gasteiger partial charge in [0, 0.05) is 6.54 Å². The Kier molecular flexibility index (Phi) is 5.38. The third-order valence-corrected chi connectivity index (χ3v) is 3.70. The zero-order chi connectivity index (χ0) is 14.4. The van der Waals surface area contributed by atoms with Gasteiger partial charge < -0.3 is 16.2 Å². The highest BCUT2D eigenvalue weighted by molar-refractivity contribution is 5.80. The van der Waals surface area contributed by atoms with Crippen molar-refractivity contribution in [2.75, 3.05) is 26.2 Å². The fraction of sp³-hybridized carbons (Fsp3) is 0.533. The normalized spacial score (nSPS) is 19.1. The molecule has 1 saturated heterocycles. The largest absolute Gasteiger partial charge is 0.492 e. The zero-order valence-electron chi connectivity index (χ0n) is 11.8. The number of nitrogens with zero attached hydrogens (tertiary/aromatic N) is 1. The van der Waals surface area contributed by atoms with E-state index in [9.17, 15) is 4.79 Å². The molecule has 0 bridgehead atoms. The van der Waals surface area contributed by atoms with Crippen molar-refractivity contribution in [3.8, 4) is 5.75 Å². The second-order valence-electron chi connectivity index (χ2n) is 5.13. The van der Waals surface area contributed by atoms with E-state index in [1.807, 2.05) is 24.3 Å². The number of nitrogens with two attached hydrogens (primary N) is 2. The zero-order valence-corrected chi connectivity index (χ0v) is 11.8. The molecule has 5 nitrogen and oxygen atoms in total. The molecular formula is C15H23N3O2. The molecule has 0 radical (unpaired) electrons. The molecule has 1 aliphatic heterocycles. The first kappa shape index (κ1) is 14.8. The fourth-order valence-corrected chi connectivity index (χ4v) is 2.62. The number of hydrogen-bond donors (Lipinski definition) is 2. The number of hydrogen-bond acceptors (Lipinski definition) is 4. The van der Waals surface area contributed by atoms with E-state index < -0.39 is 0 Å². The van der Waals surface area contributed by atoms with Crippen molar-refractivity contribution in [1.82, 2.24) is 4.90 Å². The lowest BCUT2D eigenvalue weighted by Gasteiger charge is -2.21. The Morgan fingerprint density at radius 3 is 2.75 bits per heavy atom. The van der Waals surface area contributed by atoms with Crippen LogP contribution in [0.5, 0.6) is 5.75 Å². The van der Waals surface area contributed by atoms with Gasteiger partial charge in [0.2, 0.25) is 5.91 Å². The molecular weight excluding hydrogens is 254 g/mol. The molecule has 1 unspecified atom stereocenters. The van der Waals surface area contributed by atoms with E-state index in [0.29, 0.717) is 13.2 Å². The summed E-state index contributed by atoms with van der Waals surface area (Å²) >= 11 is 0. The predicted molar refractivity (Wildman–Crippen MR) is 78.5 cm³/mol. The minimum absolute atomic E-state index is 0.120. The highest BCUT2D eigenvalue weighted by Crippen LogP contribution is 2.17. The first-order chi connectivity index (χ1) is 9.70. The monoisotopic (exact) mass is 277 g/mol. The Labute approximate surface area is 119 Å². The molecule has 5 heteroatoms. The van der Waals surface area contributed by atoms with Gasteiger partial charge >= 0.3 is 0 Å². The lowest BCUT2D eigenvalue weighted by Crippen LogP contribution is -2.42. The maximum absolute atomic E-state index is 11.3. The van der Waals surface area contributed by atoms with Crippen molar-refractivity contribution >= 4 is 5.91 Å². The number of amides is 1. The Morgan fingerprint density at radius 1 is 1.35 bits per heavy atom. The Hall–Kier alpha value is -1.59. The number of carbonyl (C=O) groups is 1. The molecule has 110 valence electrons. The summed E-state index contributed by atoms with van der Waals surface area (Å²) in [6.07, 6.45) is 2.78. The van der Waals surface area contributed by atoms with Crippen molar-refractivity contribution in [2.45, 2.75) is 25.3 Å². The van der Waals surface area contributed by atoms with Crippen molar-refractivity contribution < 1.29 is 9.53 Å². The number of primary amides is 1. The third kappa shape index (κ3) is 3.95. The third-order valence-electron chi connectivity index (χ3n) is 3.70. The summed E-state index contributed by atoms with van der Waals surface area (Å²) in [5.41, 5.74) is 12.1. The lowest BCUT2D eigenvalue weighted by molar-refractivity contribution is -0.122. The first-order valence-corrected chi connectivity index (χ1v) is 7.16. The van der Waals surface area contributed by atoms with Gasteiger partial charge in [-0.15, -0.1) is 0 Å². The van der Waals surface area contributed by atoms with Crippen LogP contribution in [0.2, 0.25) is 0 Å². The van der Waals surface area contributed by atoms with E-state index in [2.05, 4.69) is 4.90 Å². The molecule has 1 heterocycles. The molecule has 0 aliphatic carbocycles. The summed E-state index contributed by atoms with van der Waals surface area (Å²) in [7, 11) is 0. The molecule has 1 aromatic rings. The van der Waals surface area contributed by atoms with Crippen LogP contribution in [0.15, 0.2) is 24.3 Å². The minimum atomic E-state index is -0.228. The summed E-state index contributed by atoms with van der Waals surface area (Å²) in [6, 6.07) is 7.86. The summed E-state index contributed by atoms with van der Waals surface area (Å²) < 4.78 is 5.70. The average Bonchev–Trinajstić information content (AvgIpc) is 2.90. The lowest BCUT2D eigenvalue weighted by atomic mass is 10.1. The Bertz CT molecular complexity index is 433. The molecule has 1 amide bonds. The fourth-order valence-electron chi connectivity index (χ4n) is 2.62. The van der Waals surface area contributed by atoms with Gasteiger partial charge in [-0.05, 0) is 50.0 Å². The standard InChI is InChI=1S/C15H23N3O2/c16-8-7-12-3-5-13(6-4-12)20-11-10-18-9-1-2-14(18)15(17)19/h3-6,14H,1-2,7-11,16H2,(H2,17,19). The average molecular weight is 277 g/mol. The quantitative estimate of drug-likeness (QED) is 0.761. The van der Waals surface area contributed by atoms with E-state index in [1.54, 1.807) is 0 Å². The van der Waals surface area contributed by atoms with Crippen molar-refractivity contribution in [1.29, 1.82) is 0 Å². The number of carbonyl (C=O) groups excluding carboxylic acids is 1. The van der Waals surface area contributed by atoms with Gasteiger partial charge in [0.1, 0.15) is 12.4 Å². The second kappa shape index (κ2) is 7.26. The van der Waals surface area contributed by atoms with E-state index in [0.717, 1.165) is 38.1 Å². The molecule has 2 rings (SSSR count). The van der Waals surface area contributed by atoms with Crippen LogP contribution in [0.25, 0.3) is 0 Å². The van der Waals surface area contributed by atoms with Crippen LogP contribution in [-0.4, -0.2) is 43.1 Å². The molecule has 20 heavy (non-hydrogen) atoms. The number of benzene rings is 1. The summed E-state index contributed by atoms with van der Waals surface area (Å²) in [4.78, 5) is 13.4. The minimum Gasteiger partial charge on any atom is -0.492 e. The SMILES string of the molecule is NCCc1ccc(OCCN2CCCC2C(N)=O)cc1. The van der Waals surface area contributed by atoms with E-state index in [1.165, 1.54) is 5.56 Å². The van der Waals surface area contributed by atoms with Crippen LogP contribution in [0.1, 0.15) is 18.4 Å². The van der Waals surface area contributed by atoms with Gasteiger partial charge in [-0.25, -0.2) is 0 Å². The number of likely N-dealkylation sites (tertiary alicyclic amines) is 1. The van der Waals surface area contributed by atoms with Crippen LogP contribution < -0.4 is 16.2 Å². The van der Waals surface area contributed by atoms with Gasteiger partial charge in [-0.2, -0.15) is 0 Å². The van der Waals surface area contributed by atoms with Gasteiger partial charge in [-0.1, -0.05) is 12.1 Å². The molecule has 0 aromatic heterocycles. The smallest absolute Gasteiger partial charge is 0.234 e. The van der Waals surface area contributed by atoms with Crippen molar-refractivity contribution in [3.05, 3.63) is 29.8 Å².